The van der Waals surface area contributed by atoms with E-state index in [1.807, 2.05) is 6.07 Å². The fourth-order valence-electron chi connectivity index (χ4n) is 2.34. The predicted molar refractivity (Wildman–Crippen MR) is 68.0 cm³/mol. The molecule has 0 radical (unpaired) electrons. The van der Waals surface area contributed by atoms with Crippen molar-refractivity contribution < 1.29 is 9.13 Å². The van der Waals surface area contributed by atoms with E-state index < -0.39 is 0 Å². The normalized spacial score (nSPS) is 18.3. The van der Waals surface area contributed by atoms with Gasteiger partial charge in [-0.1, -0.05) is 19.9 Å². The summed E-state index contributed by atoms with van der Waals surface area (Å²) in [6.45, 7) is 4.23. The molecule has 2 heteroatoms. The van der Waals surface area contributed by atoms with Crippen molar-refractivity contribution in [3.8, 4) is 5.75 Å². The highest BCUT2D eigenvalue weighted by atomic mass is 19.1. The van der Waals surface area contributed by atoms with E-state index in [2.05, 4.69) is 13.8 Å². The topological polar surface area (TPSA) is 9.23 Å². The lowest BCUT2D eigenvalue weighted by Gasteiger charge is -2.15. The minimum absolute atomic E-state index is 0.213. The third-order valence-corrected chi connectivity index (χ3v) is 3.73. The quantitative estimate of drug-likeness (QED) is 0.738. The van der Waals surface area contributed by atoms with Crippen LogP contribution in [0.3, 0.4) is 0 Å². The molecular formula is C15H21FO. The van der Waals surface area contributed by atoms with E-state index in [9.17, 15) is 4.39 Å². The fraction of sp³-hybridized carbons (Fsp3) is 0.600. The van der Waals surface area contributed by atoms with Crippen LogP contribution in [-0.4, -0.2) is 6.10 Å². The summed E-state index contributed by atoms with van der Waals surface area (Å²) in [4.78, 5) is 0. The SMILES string of the molecule is CCC(C)c1ccc(OC2CCCC2)c(F)c1. The Kier molecular flexibility index (Phi) is 4.03. The third-order valence-electron chi connectivity index (χ3n) is 3.73. The molecule has 0 aliphatic heterocycles. The highest BCUT2D eigenvalue weighted by molar-refractivity contribution is 5.31. The summed E-state index contributed by atoms with van der Waals surface area (Å²) in [6.07, 6.45) is 5.79. The minimum atomic E-state index is -0.213. The first-order valence-electron chi connectivity index (χ1n) is 6.66. The molecular weight excluding hydrogens is 215 g/mol. The van der Waals surface area contributed by atoms with Crippen LogP contribution in [0.1, 0.15) is 57.4 Å². The molecule has 1 atom stereocenters. The molecule has 0 heterocycles. The van der Waals surface area contributed by atoms with Crippen LogP contribution in [0.25, 0.3) is 0 Å². The van der Waals surface area contributed by atoms with Crippen LogP contribution in [0, 0.1) is 5.82 Å². The Bertz CT molecular complexity index is 369. The zero-order valence-corrected chi connectivity index (χ0v) is 10.7. The maximum absolute atomic E-state index is 13.9. The van der Waals surface area contributed by atoms with Crippen molar-refractivity contribution in [2.24, 2.45) is 0 Å². The largest absolute Gasteiger partial charge is 0.487 e. The summed E-state index contributed by atoms with van der Waals surface area (Å²) in [5.74, 6) is 0.615. The lowest BCUT2D eigenvalue weighted by molar-refractivity contribution is 0.200. The van der Waals surface area contributed by atoms with Crippen LogP contribution in [0.4, 0.5) is 4.39 Å². The zero-order chi connectivity index (χ0) is 12.3. The molecule has 1 aromatic carbocycles. The van der Waals surface area contributed by atoms with Gasteiger partial charge < -0.3 is 4.74 Å². The number of benzene rings is 1. The molecule has 0 spiro atoms. The van der Waals surface area contributed by atoms with Gasteiger partial charge in [-0.2, -0.15) is 0 Å². The molecule has 0 bridgehead atoms. The van der Waals surface area contributed by atoms with Crippen molar-refractivity contribution >= 4 is 0 Å². The zero-order valence-electron chi connectivity index (χ0n) is 10.7. The first kappa shape index (κ1) is 12.4. The maximum atomic E-state index is 13.9. The van der Waals surface area contributed by atoms with Gasteiger partial charge >= 0.3 is 0 Å². The van der Waals surface area contributed by atoms with Crippen molar-refractivity contribution in [2.45, 2.75) is 58.0 Å². The van der Waals surface area contributed by atoms with E-state index >= 15 is 0 Å². The van der Waals surface area contributed by atoms with Gasteiger partial charge in [0, 0.05) is 0 Å². The number of hydrogen-bond donors (Lipinski definition) is 0. The Morgan fingerprint density at radius 2 is 2.06 bits per heavy atom. The van der Waals surface area contributed by atoms with Crippen LogP contribution >= 0.6 is 0 Å². The van der Waals surface area contributed by atoms with Crippen molar-refractivity contribution in [3.63, 3.8) is 0 Å². The predicted octanol–water partition coefficient (Wildman–Crippen LogP) is 4.66. The van der Waals surface area contributed by atoms with E-state index in [0.717, 1.165) is 24.8 Å². The molecule has 1 aliphatic rings. The van der Waals surface area contributed by atoms with Gasteiger partial charge in [0.2, 0.25) is 0 Å². The molecule has 1 saturated carbocycles. The third kappa shape index (κ3) is 2.99. The van der Waals surface area contributed by atoms with Gasteiger partial charge in [-0.05, 0) is 55.7 Å². The molecule has 17 heavy (non-hydrogen) atoms. The lowest BCUT2D eigenvalue weighted by Crippen LogP contribution is -2.12. The second kappa shape index (κ2) is 5.52. The van der Waals surface area contributed by atoms with E-state index in [-0.39, 0.29) is 11.9 Å². The van der Waals surface area contributed by atoms with Gasteiger partial charge in [0.25, 0.3) is 0 Å². The molecule has 2 rings (SSSR count). The van der Waals surface area contributed by atoms with Crippen LogP contribution < -0.4 is 4.74 Å². The van der Waals surface area contributed by atoms with E-state index in [1.165, 1.54) is 12.8 Å². The molecule has 0 saturated heterocycles. The highest BCUT2D eigenvalue weighted by Gasteiger charge is 2.18. The molecule has 1 unspecified atom stereocenters. The first-order chi connectivity index (χ1) is 8.20. The highest BCUT2D eigenvalue weighted by Crippen LogP contribution is 2.28. The molecule has 0 amide bonds. The Balaban J connectivity index is 2.08. The molecule has 1 fully saturated rings. The Morgan fingerprint density at radius 1 is 1.35 bits per heavy atom. The Morgan fingerprint density at radius 3 is 2.65 bits per heavy atom. The Hall–Kier alpha value is -1.05. The summed E-state index contributed by atoms with van der Waals surface area (Å²) in [5.41, 5.74) is 1.06. The average molecular weight is 236 g/mol. The number of rotatable bonds is 4. The molecule has 0 aromatic heterocycles. The molecule has 0 N–H and O–H groups in total. The monoisotopic (exact) mass is 236 g/mol. The summed E-state index contributed by atoms with van der Waals surface area (Å²) < 4.78 is 19.6. The van der Waals surface area contributed by atoms with Crippen LogP contribution in [0.2, 0.25) is 0 Å². The summed E-state index contributed by atoms with van der Waals surface area (Å²) >= 11 is 0. The summed E-state index contributed by atoms with van der Waals surface area (Å²) in [7, 11) is 0. The van der Waals surface area contributed by atoms with Gasteiger partial charge in [0.05, 0.1) is 6.10 Å². The average Bonchev–Trinajstić information content (AvgIpc) is 2.83. The molecule has 1 aliphatic carbocycles. The van der Waals surface area contributed by atoms with Gasteiger partial charge in [0.15, 0.2) is 11.6 Å². The second-order valence-corrected chi connectivity index (χ2v) is 5.02. The van der Waals surface area contributed by atoms with E-state index in [0.29, 0.717) is 11.7 Å². The standard InChI is InChI=1S/C15H21FO/c1-3-11(2)12-8-9-15(14(16)10-12)17-13-6-4-5-7-13/h8-11,13H,3-7H2,1-2H3. The lowest BCUT2D eigenvalue weighted by atomic mass is 9.98. The van der Waals surface area contributed by atoms with Crippen molar-refractivity contribution in [1.82, 2.24) is 0 Å². The van der Waals surface area contributed by atoms with Gasteiger partial charge in [0.1, 0.15) is 0 Å². The number of halogens is 1. The van der Waals surface area contributed by atoms with Gasteiger partial charge in [-0.3, -0.25) is 0 Å². The Labute approximate surface area is 103 Å². The van der Waals surface area contributed by atoms with Gasteiger partial charge in [-0.15, -0.1) is 0 Å². The van der Waals surface area contributed by atoms with Crippen molar-refractivity contribution in [3.05, 3.63) is 29.6 Å². The molecule has 1 nitrogen and oxygen atoms in total. The minimum Gasteiger partial charge on any atom is -0.487 e. The van der Waals surface area contributed by atoms with Crippen molar-refractivity contribution in [2.75, 3.05) is 0 Å². The van der Waals surface area contributed by atoms with Crippen LogP contribution in [0.15, 0.2) is 18.2 Å². The maximum Gasteiger partial charge on any atom is 0.165 e. The number of hydrogen-bond acceptors (Lipinski definition) is 1. The molecule has 94 valence electrons. The first-order valence-corrected chi connectivity index (χ1v) is 6.66. The smallest absolute Gasteiger partial charge is 0.165 e. The van der Waals surface area contributed by atoms with Crippen LogP contribution in [0.5, 0.6) is 5.75 Å². The van der Waals surface area contributed by atoms with Gasteiger partial charge in [-0.25, -0.2) is 4.39 Å². The van der Waals surface area contributed by atoms with E-state index in [4.69, 9.17) is 4.74 Å². The fourth-order valence-corrected chi connectivity index (χ4v) is 2.34. The van der Waals surface area contributed by atoms with E-state index in [1.54, 1.807) is 12.1 Å². The second-order valence-electron chi connectivity index (χ2n) is 5.02. The van der Waals surface area contributed by atoms with Crippen LogP contribution in [-0.2, 0) is 0 Å². The van der Waals surface area contributed by atoms with Crippen molar-refractivity contribution in [1.29, 1.82) is 0 Å². The summed E-state index contributed by atoms with van der Waals surface area (Å²) in [6, 6.07) is 5.40. The number of ether oxygens (including phenoxy) is 1. The molecule has 1 aromatic rings. The summed E-state index contributed by atoms with van der Waals surface area (Å²) in [5, 5.41) is 0.